The third kappa shape index (κ3) is 6.32. The second-order valence-electron chi connectivity index (χ2n) is 7.45. The molecule has 0 unspecified atom stereocenters. The van der Waals surface area contributed by atoms with Crippen LogP contribution in [-0.2, 0) is 16.0 Å². The van der Waals surface area contributed by atoms with Crippen molar-refractivity contribution in [1.29, 1.82) is 0 Å². The molecule has 0 radical (unpaired) electrons. The van der Waals surface area contributed by atoms with E-state index in [-0.39, 0.29) is 18.3 Å². The van der Waals surface area contributed by atoms with Gasteiger partial charge >= 0.3 is 0 Å². The zero-order valence-electron chi connectivity index (χ0n) is 18.6. The van der Waals surface area contributed by atoms with Gasteiger partial charge < -0.3 is 9.47 Å². The third-order valence-corrected chi connectivity index (χ3v) is 7.74. The van der Waals surface area contributed by atoms with Crippen LogP contribution < -0.4 is 9.64 Å². The van der Waals surface area contributed by atoms with Gasteiger partial charge in [0, 0.05) is 31.1 Å². The number of methoxy groups -OCH3 is 1. The Morgan fingerprint density at radius 1 is 1.24 bits per heavy atom. The largest absolute Gasteiger partial charge is 0.494 e. The van der Waals surface area contributed by atoms with E-state index in [1.807, 2.05) is 30.5 Å². The molecule has 1 saturated heterocycles. The summed E-state index contributed by atoms with van der Waals surface area (Å²) in [7, 11) is 1.61. The number of thiazole rings is 1. The summed E-state index contributed by atoms with van der Waals surface area (Å²) in [4.78, 5) is 23.5. The molecule has 4 rings (SSSR count). The smallest absolute Gasteiger partial charge is 0.233 e. The lowest BCUT2D eigenvalue weighted by Crippen LogP contribution is -2.43. The van der Waals surface area contributed by atoms with Crippen LogP contribution in [0.3, 0.4) is 0 Å². The minimum atomic E-state index is 0. The number of hydrogen-bond donors (Lipinski definition) is 0. The maximum Gasteiger partial charge on any atom is 0.233 e. The summed E-state index contributed by atoms with van der Waals surface area (Å²) in [5.41, 5.74) is 1.68. The summed E-state index contributed by atoms with van der Waals surface area (Å²) in [5.74, 6) is 0.671. The lowest BCUT2D eigenvalue weighted by atomic mass is 10.1. The fourth-order valence-electron chi connectivity index (χ4n) is 3.63. The lowest BCUT2D eigenvalue weighted by molar-refractivity contribution is -0.118. The summed E-state index contributed by atoms with van der Waals surface area (Å²) in [6.45, 7) is 4.52. The molecule has 3 aromatic rings. The van der Waals surface area contributed by atoms with E-state index in [0.29, 0.717) is 34.4 Å². The molecule has 2 heterocycles. The summed E-state index contributed by atoms with van der Waals surface area (Å²) >= 11 is 9.54. The monoisotopic (exact) mass is 527 g/mol. The van der Waals surface area contributed by atoms with Crippen LogP contribution in [0.2, 0.25) is 5.02 Å². The number of fused-ring (bicyclic) bond motifs is 1. The topological polar surface area (TPSA) is 54.9 Å². The van der Waals surface area contributed by atoms with Crippen molar-refractivity contribution < 1.29 is 14.3 Å². The molecule has 0 atom stereocenters. The van der Waals surface area contributed by atoms with Gasteiger partial charge in [0.15, 0.2) is 5.13 Å². The van der Waals surface area contributed by atoms with Gasteiger partial charge in [0.25, 0.3) is 0 Å². The first-order valence-corrected chi connectivity index (χ1v) is 12.9. The van der Waals surface area contributed by atoms with Crippen molar-refractivity contribution in [3.8, 4) is 5.75 Å². The van der Waals surface area contributed by atoms with Gasteiger partial charge in [-0.2, -0.15) is 0 Å². The molecule has 1 aromatic heterocycles. The molecule has 0 N–H and O–H groups in total. The van der Waals surface area contributed by atoms with E-state index in [2.05, 4.69) is 4.90 Å². The minimum Gasteiger partial charge on any atom is -0.494 e. The van der Waals surface area contributed by atoms with E-state index in [1.165, 1.54) is 16.2 Å². The fourth-order valence-corrected chi connectivity index (χ4v) is 5.34. The molecule has 1 amide bonds. The van der Waals surface area contributed by atoms with Gasteiger partial charge in [-0.3, -0.25) is 14.6 Å². The average Bonchev–Trinajstić information content (AvgIpc) is 3.27. The predicted molar refractivity (Wildman–Crippen MR) is 140 cm³/mol. The lowest BCUT2D eigenvalue weighted by Gasteiger charge is -2.29. The SMILES string of the molecule is COc1ccc(Cl)c2sc(N(CCN3CCOCC3)C(=O)Cc3ccc(SC)cc3)nc12.Cl. The molecular weight excluding hydrogens is 501 g/mol. The van der Waals surface area contributed by atoms with Crippen molar-refractivity contribution >= 4 is 68.4 Å². The van der Waals surface area contributed by atoms with E-state index < -0.39 is 0 Å². The van der Waals surface area contributed by atoms with Gasteiger partial charge in [0.1, 0.15) is 11.3 Å². The summed E-state index contributed by atoms with van der Waals surface area (Å²) in [6, 6.07) is 11.7. The first-order valence-electron chi connectivity index (χ1n) is 10.5. The van der Waals surface area contributed by atoms with E-state index in [4.69, 9.17) is 26.1 Å². The van der Waals surface area contributed by atoms with Gasteiger partial charge in [-0.25, -0.2) is 4.98 Å². The Kier molecular flexibility index (Phi) is 9.67. The van der Waals surface area contributed by atoms with Gasteiger partial charge in [-0.15, -0.1) is 24.2 Å². The standard InChI is InChI=1S/C23H26ClN3O3S2.ClH/c1-29-19-8-7-18(24)22-21(19)25-23(32-22)27(10-9-26-11-13-30-14-12-26)20(28)15-16-3-5-17(31-2)6-4-16;/h3-8H,9-15H2,1-2H3;1H. The summed E-state index contributed by atoms with van der Waals surface area (Å²) in [6.07, 6.45) is 2.36. The van der Waals surface area contributed by atoms with Crippen molar-refractivity contribution in [1.82, 2.24) is 9.88 Å². The Morgan fingerprint density at radius 2 is 1.97 bits per heavy atom. The average molecular weight is 529 g/mol. The number of benzene rings is 2. The van der Waals surface area contributed by atoms with Crippen molar-refractivity contribution in [2.45, 2.75) is 11.3 Å². The number of hydrogen-bond acceptors (Lipinski definition) is 7. The number of anilines is 1. The number of carbonyl (C=O) groups is 1. The number of rotatable bonds is 8. The zero-order chi connectivity index (χ0) is 22.5. The Balaban J connectivity index is 0.00000306. The molecule has 1 aliphatic heterocycles. The quantitative estimate of drug-likeness (QED) is 0.383. The van der Waals surface area contributed by atoms with Gasteiger partial charge in [0.05, 0.1) is 36.5 Å². The predicted octanol–water partition coefficient (Wildman–Crippen LogP) is 5.01. The Labute approximate surface area is 213 Å². The number of nitrogens with zero attached hydrogens (tertiary/aromatic N) is 3. The molecule has 178 valence electrons. The second-order valence-corrected chi connectivity index (χ2v) is 9.71. The molecule has 0 aliphatic carbocycles. The van der Waals surface area contributed by atoms with E-state index in [0.717, 1.165) is 43.1 Å². The highest BCUT2D eigenvalue weighted by Crippen LogP contribution is 2.38. The van der Waals surface area contributed by atoms with Crippen LogP contribution in [0.25, 0.3) is 10.2 Å². The molecule has 0 spiro atoms. The number of amides is 1. The van der Waals surface area contributed by atoms with E-state index in [9.17, 15) is 4.79 Å². The molecule has 0 saturated carbocycles. The van der Waals surface area contributed by atoms with E-state index in [1.54, 1.807) is 35.9 Å². The highest BCUT2D eigenvalue weighted by Gasteiger charge is 2.23. The summed E-state index contributed by atoms with van der Waals surface area (Å²) < 4.78 is 11.7. The maximum absolute atomic E-state index is 13.4. The highest BCUT2D eigenvalue weighted by atomic mass is 35.5. The van der Waals surface area contributed by atoms with Gasteiger partial charge in [-0.1, -0.05) is 35.1 Å². The fraction of sp³-hybridized carbons (Fsp3) is 0.391. The number of ether oxygens (including phenoxy) is 2. The first kappa shape index (κ1) is 26.1. The first-order chi connectivity index (χ1) is 15.6. The Morgan fingerprint density at radius 3 is 2.64 bits per heavy atom. The van der Waals surface area contributed by atoms with E-state index >= 15 is 0 Å². The second kappa shape index (κ2) is 12.2. The van der Waals surface area contributed by atoms with Crippen LogP contribution in [0.4, 0.5) is 5.13 Å². The number of morpholine rings is 1. The maximum atomic E-state index is 13.4. The molecule has 2 aromatic carbocycles. The zero-order valence-corrected chi connectivity index (χ0v) is 21.8. The van der Waals surface area contributed by atoms with Crippen LogP contribution in [0, 0.1) is 0 Å². The van der Waals surface area contributed by atoms with Crippen LogP contribution in [0.5, 0.6) is 5.75 Å². The molecular formula is C23H27Cl2N3O3S2. The van der Waals surface area contributed by atoms with Crippen LogP contribution in [0.15, 0.2) is 41.3 Å². The number of carbonyl (C=O) groups excluding carboxylic acids is 1. The number of thioether (sulfide) groups is 1. The van der Waals surface area contributed by atoms with Gasteiger partial charge in [-0.05, 0) is 36.1 Å². The Bertz CT molecular complexity index is 1070. The summed E-state index contributed by atoms with van der Waals surface area (Å²) in [5, 5.41) is 1.25. The van der Waals surface area contributed by atoms with Crippen LogP contribution in [0.1, 0.15) is 5.56 Å². The Hall–Kier alpha value is -1.55. The normalized spacial score (nSPS) is 14.2. The molecule has 1 fully saturated rings. The molecule has 6 nitrogen and oxygen atoms in total. The highest BCUT2D eigenvalue weighted by molar-refractivity contribution is 7.98. The van der Waals surface area contributed by atoms with Gasteiger partial charge in [0.2, 0.25) is 5.91 Å². The van der Waals surface area contributed by atoms with Crippen LogP contribution >= 0.6 is 47.1 Å². The van der Waals surface area contributed by atoms with Crippen molar-refractivity contribution in [3.05, 3.63) is 47.0 Å². The van der Waals surface area contributed by atoms with Crippen molar-refractivity contribution in [3.63, 3.8) is 0 Å². The third-order valence-electron chi connectivity index (χ3n) is 5.46. The molecule has 33 heavy (non-hydrogen) atoms. The molecule has 0 bridgehead atoms. The molecule has 1 aliphatic rings. The minimum absolute atomic E-state index is 0. The van der Waals surface area contributed by atoms with Crippen molar-refractivity contribution in [2.75, 3.05) is 57.7 Å². The van der Waals surface area contributed by atoms with Crippen LogP contribution in [-0.4, -0.2) is 68.5 Å². The molecule has 10 heteroatoms. The van der Waals surface area contributed by atoms with Crippen molar-refractivity contribution in [2.24, 2.45) is 0 Å². The number of aromatic nitrogens is 1. The number of halogens is 2.